The van der Waals surface area contributed by atoms with Gasteiger partial charge in [-0.2, -0.15) is 0 Å². The average molecular weight is 355 g/mol. The fourth-order valence-electron chi connectivity index (χ4n) is 1.07. The lowest BCUT2D eigenvalue weighted by Crippen LogP contribution is -2.36. The Morgan fingerprint density at radius 2 is 1.89 bits per heavy atom. The minimum absolute atomic E-state index is 0.169. The Hall–Kier alpha value is -0.820. The summed E-state index contributed by atoms with van der Waals surface area (Å²) in [4.78, 5) is 22.4. The molecule has 0 spiro atoms. The normalized spacial score (nSPS) is 10.0. The summed E-state index contributed by atoms with van der Waals surface area (Å²) in [5.41, 5.74) is 5.46. The van der Waals surface area contributed by atoms with Crippen LogP contribution in [0.4, 0.5) is 5.69 Å². The summed E-state index contributed by atoms with van der Waals surface area (Å²) >= 11 is 15.1. The molecule has 0 fully saturated rings. The van der Waals surface area contributed by atoms with E-state index in [1.165, 1.54) is 0 Å². The van der Waals surface area contributed by atoms with Crippen molar-refractivity contribution in [1.82, 2.24) is 5.32 Å². The highest BCUT2D eigenvalue weighted by Crippen LogP contribution is 2.35. The molecule has 0 saturated heterocycles. The van der Waals surface area contributed by atoms with Gasteiger partial charge in [-0.05, 0) is 28.1 Å². The molecular formula is C10H10BrCl2N3O2. The number of benzene rings is 1. The van der Waals surface area contributed by atoms with Crippen molar-refractivity contribution < 1.29 is 9.59 Å². The number of hydrogen-bond acceptors (Lipinski definition) is 3. The topological polar surface area (TPSA) is 84.2 Å². The van der Waals surface area contributed by atoms with Crippen LogP contribution in [-0.2, 0) is 9.59 Å². The number of carbonyl (C=O) groups excluding carboxylic acids is 2. The lowest BCUT2D eigenvalue weighted by atomic mass is 10.3. The number of halogens is 3. The molecule has 0 aliphatic heterocycles. The molecule has 0 heterocycles. The van der Waals surface area contributed by atoms with E-state index in [-0.39, 0.29) is 18.1 Å². The van der Waals surface area contributed by atoms with Gasteiger partial charge in [-0.25, -0.2) is 0 Å². The standard InChI is InChI=1S/C10H10BrCl2N3O2/c11-5-1-2-6(10(13)9(5)12)16-8(18)4-15-7(17)3-14/h1-2H,3-4,14H2,(H,15,17)(H,16,18). The van der Waals surface area contributed by atoms with Crippen LogP contribution in [0.25, 0.3) is 0 Å². The minimum atomic E-state index is -0.419. The molecule has 0 radical (unpaired) electrons. The Balaban J connectivity index is 2.65. The highest BCUT2D eigenvalue weighted by Gasteiger charge is 2.11. The van der Waals surface area contributed by atoms with Crippen LogP contribution in [0.2, 0.25) is 10.0 Å². The van der Waals surface area contributed by atoms with Crippen molar-refractivity contribution in [3.63, 3.8) is 0 Å². The van der Waals surface area contributed by atoms with Gasteiger partial charge in [-0.3, -0.25) is 9.59 Å². The first-order valence-electron chi connectivity index (χ1n) is 4.85. The highest BCUT2D eigenvalue weighted by atomic mass is 79.9. The molecule has 2 amide bonds. The number of nitrogens with two attached hydrogens (primary N) is 1. The lowest BCUT2D eigenvalue weighted by Gasteiger charge is -2.09. The summed E-state index contributed by atoms with van der Waals surface area (Å²) in [7, 11) is 0. The predicted molar refractivity (Wildman–Crippen MR) is 74.9 cm³/mol. The Kier molecular flexibility index (Phi) is 5.87. The second-order valence-corrected chi connectivity index (χ2v) is 4.86. The molecule has 5 nitrogen and oxygen atoms in total. The number of nitrogens with one attached hydrogen (secondary N) is 2. The molecule has 18 heavy (non-hydrogen) atoms. The van der Waals surface area contributed by atoms with Gasteiger partial charge in [0, 0.05) is 4.47 Å². The Morgan fingerprint density at radius 1 is 1.22 bits per heavy atom. The molecule has 0 atom stereocenters. The third-order valence-corrected chi connectivity index (χ3v) is 3.71. The highest BCUT2D eigenvalue weighted by molar-refractivity contribution is 9.10. The Morgan fingerprint density at radius 3 is 2.50 bits per heavy atom. The van der Waals surface area contributed by atoms with E-state index in [0.29, 0.717) is 15.2 Å². The van der Waals surface area contributed by atoms with E-state index >= 15 is 0 Å². The van der Waals surface area contributed by atoms with Crippen molar-refractivity contribution in [1.29, 1.82) is 0 Å². The second-order valence-electron chi connectivity index (χ2n) is 3.25. The van der Waals surface area contributed by atoms with E-state index in [1.54, 1.807) is 12.1 Å². The molecular weight excluding hydrogens is 345 g/mol. The van der Waals surface area contributed by atoms with E-state index in [4.69, 9.17) is 28.9 Å². The monoisotopic (exact) mass is 353 g/mol. The second kappa shape index (κ2) is 6.94. The van der Waals surface area contributed by atoms with Crippen LogP contribution in [0.3, 0.4) is 0 Å². The zero-order valence-electron chi connectivity index (χ0n) is 9.10. The molecule has 0 saturated carbocycles. The fourth-order valence-corrected chi connectivity index (χ4v) is 1.89. The van der Waals surface area contributed by atoms with Crippen molar-refractivity contribution in [2.75, 3.05) is 18.4 Å². The third kappa shape index (κ3) is 4.13. The summed E-state index contributed by atoms with van der Waals surface area (Å²) in [6.45, 7) is -0.349. The maximum absolute atomic E-state index is 11.5. The van der Waals surface area contributed by atoms with E-state index < -0.39 is 11.8 Å². The summed E-state index contributed by atoms with van der Waals surface area (Å²) < 4.78 is 0.628. The van der Waals surface area contributed by atoms with Gasteiger partial charge in [0.15, 0.2) is 0 Å². The number of anilines is 1. The van der Waals surface area contributed by atoms with E-state index in [0.717, 1.165) is 0 Å². The SMILES string of the molecule is NCC(=O)NCC(=O)Nc1ccc(Br)c(Cl)c1Cl. The molecule has 0 aromatic heterocycles. The molecule has 4 N–H and O–H groups in total. The Labute approximate surface area is 122 Å². The third-order valence-electron chi connectivity index (χ3n) is 1.94. The van der Waals surface area contributed by atoms with Gasteiger partial charge in [-0.15, -0.1) is 0 Å². The van der Waals surface area contributed by atoms with Crippen LogP contribution < -0.4 is 16.4 Å². The van der Waals surface area contributed by atoms with Crippen molar-refractivity contribution >= 4 is 56.6 Å². The van der Waals surface area contributed by atoms with Gasteiger partial charge in [0.05, 0.1) is 28.8 Å². The molecule has 1 rings (SSSR count). The summed E-state index contributed by atoms with van der Waals surface area (Å²) in [5, 5.41) is 5.39. The van der Waals surface area contributed by atoms with Gasteiger partial charge in [0.25, 0.3) is 0 Å². The van der Waals surface area contributed by atoms with Crippen LogP contribution in [0.15, 0.2) is 16.6 Å². The molecule has 0 aliphatic rings. The maximum atomic E-state index is 11.5. The molecule has 98 valence electrons. The zero-order chi connectivity index (χ0) is 13.7. The fraction of sp³-hybridized carbons (Fsp3) is 0.200. The minimum Gasteiger partial charge on any atom is -0.346 e. The van der Waals surface area contributed by atoms with Gasteiger partial charge >= 0.3 is 0 Å². The van der Waals surface area contributed by atoms with Crippen molar-refractivity contribution in [3.8, 4) is 0 Å². The van der Waals surface area contributed by atoms with Crippen LogP contribution in [0, 0.1) is 0 Å². The van der Waals surface area contributed by atoms with Gasteiger partial charge < -0.3 is 16.4 Å². The van der Waals surface area contributed by atoms with Crippen molar-refractivity contribution in [2.45, 2.75) is 0 Å². The van der Waals surface area contributed by atoms with Crippen LogP contribution in [0.1, 0.15) is 0 Å². The van der Waals surface area contributed by atoms with Crippen LogP contribution in [-0.4, -0.2) is 24.9 Å². The van der Waals surface area contributed by atoms with Crippen LogP contribution in [0.5, 0.6) is 0 Å². The number of carbonyl (C=O) groups is 2. The molecule has 0 unspecified atom stereocenters. The first kappa shape index (κ1) is 15.2. The average Bonchev–Trinajstić information content (AvgIpc) is 2.36. The smallest absolute Gasteiger partial charge is 0.243 e. The lowest BCUT2D eigenvalue weighted by molar-refractivity contribution is -0.123. The van der Waals surface area contributed by atoms with E-state index in [9.17, 15) is 9.59 Å². The first-order chi connectivity index (χ1) is 8.45. The summed E-state index contributed by atoms with van der Waals surface area (Å²) in [6.07, 6.45) is 0. The van der Waals surface area contributed by atoms with Crippen LogP contribution >= 0.6 is 39.1 Å². The first-order valence-corrected chi connectivity index (χ1v) is 6.40. The number of rotatable bonds is 4. The molecule has 0 aliphatic carbocycles. The zero-order valence-corrected chi connectivity index (χ0v) is 12.2. The number of amides is 2. The quantitative estimate of drug-likeness (QED) is 0.720. The molecule has 1 aromatic rings. The van der Waals surface area contributed by atoms with E-state index in [2.05, 4.69) is 26.6 Å². The van der Waals surface area contributed by atoms with Crippen molar-refractivity contribution in [2.24, 2.45) is 5.73 Å². The number of hydrogen-bond donors (Lipinski definition) is 3. The van der Waals surface area contributed by atoms with Gasteiger partial charge in [0.1, 0.15) is 0 Å². The summed E-state index contributed by atoms with van der Waals surface area (Å²) in [6, 6.07) is 3.25. The molecule has 1 aromatic carbocycles. The molecule has 0 bridgehead atoms. The largest absolute Gasteiger partial charge is 0.346 e. The van der Waals surface area contributed by atoms with Gasteiger partial charge in [-0.1, -0.05) is 23.2 Å². The predicted octanol–water partition coefficient (Wildman–Crippen LogP) is 1.77. The maximum Gasteiger partial charge on any atom is 0.243 e. The Bertz CT molecular complexity index is 482. The van der Waals surface area contributed by atoms with Crippen molar-refractivity contribution in [3.05, 3.63) is 26.7 Å². The summed E-state index contributed by atoms with van der Waals surface area (Å²) in [5.74, 6) is -0.831. The molecule has 8 heteroatoms. The van der Waals surface area contributed by atoms with E-state index in [1.807, 2.05) is 0 Å². The van der Waals surface area contributed by atoms with Gasteiger partial charge in [0.2, 0.25) is 11.8 Å².